The highest BCUT2D eigenvalue weighted by molar-refractivity contribution is 5.99. The molecule has 0 bridgehead atoms. The first-order valence-electron chi connectivity index (χ1n) is 12.5. The van der Waals surface area contributed by atoms with E-state index in [-0.39, 0.29) is 24.1 Å². The first-order chi connectivity index (χ1) is 18.3. The quantitative estimate of drug-likeness (QED) is 0.361. The average Bonchev–Trinajstić information content (AvgIpc) is 3.47. The largest absolute Gasteiger partial charge is 0.394 e. The van der Waals surface area contributed by atoms with Crippen LogP contribution in [-0.2, 0) is 13.6 Å². The standard InChI is InChI=1S/C28H29FN6O3/c1-33-13-20-9-18(6-7-25(20)32-33)27-23(17-4-5-19(12-30)24(29)10-17)11-26(35(27)15-22(37)16-36)28(38)34-8-2-3-21(31)14-34/h4-7,9-11,13,21-22,36-37H,2-3,8,14-16,31H2,1H3/t21-,22?/m1/s1. The number of hydrogen-bond donors (Lipinski definition) is 3. The normalized spacial score (nSPS) is 16.5. The summed E-state index contributed by atoms with van der Waals surface area (Å²) >= 11 is 0. The lowest BCUT2D eigenvalue weighted by molar-refractivity contribution is 0.0668. The molecule has 10 heteroatoms. The number of piperidine rings is 1. The third kappa shape index (κ3) is 4.79. The van der Waals surface area contributed by atoms with Crippen molar-refractivity contribution in [1.82, 2.24) is 19.2 Å². The van der Waals surface area contributed by atoms with Gasteiger partial charge < -0.3 is 25.4 Å². The fourth-order valence-electron chi connectivity index (χ4n) is 5.14. The lowest BCUT2D eigenvalue weighted by atomic mass is 9.99. The second kappa shape index (κ2) is 10.4. The van der Waals surface area contributed by atoms with Gasteiger partial charge in [0, 0.05) is 43.3 Å². The predicted octanol–water partition coefficient (Wildman–Crippen LogP) is 2.64. The van der Waals surface area contributed by atoms with Gasteiger partial charge in [-0.2, -0.15) is 10.4 Å². The molecule has 1 unspecified atom stereocenters. The van der Waals surface area contributed by atoms with Crippen LogP contribution in [0, 0.1) is 17.1 Å². The number of carbonyl (C=O) groups excluding carboxylic acids is 1. The van der Waals surface area contributed by atoms with Crippen LogP contribution in [0.25, 0.3) is 33.3 Å². The number of carbonyl (C=O) groups is 1. The molecule has 1 saturated heterocycles. The summed E-state index contributed by atoms with van der Waals surface area (Å²) in [7, 11) is 1.82. The lowest BCUT2D eigenvalue weighted by Crippen LogP contribution is -2.46. The van der Waals surface area contributed by atoms with E-state index in [2.05, 4.69) is 5.10 Å². The summed E-state index contributed by atoms with van der Waals surface area (Å²) in [6, 6.07) is 13.4. The van der Waals surface area contributed by atoms with Crippen LogP contribution in [0.1, 0.15) is 28.9 Å². The minimum atomic E-state index is -1.14. The summed E-state index contributed by atoms with van der Waals surface area (Å²) < 4.78 is 18.1. The molecule has 1 aliphatic rings. The highest BCUT2D eigenvalue weighted by atomic mass is 19.1. The number of nitrogens with zero attached hydrogens (tertiary/aromatic N) is 5. The molecule has 2 aromatic heterocycles. The van der Waals surface area contributed by atoms with Crippen molar-refractivity contribution in [2.75, 3.05) is 19.7 Å². The second-order valence-corrected chi connectivity index (χ2v) is 9.78. The second-order valence-electron chi connectivity index (χ2n) is 9.78. The molecule has 1 amide bonds. The molecule has 2 atom stereocenters. The van der Waals surface area contributed by atoms with Crippen LogP contribution in [0.4, 0.5) is 4.39 Å². The molecule has 4 aromatic rings. The van der Waals surface area contributed by atoms with Crippen molar-refractivity contribution in [2.45, 2.75) is 31.5 Å². The summed E-state index contributed by atoms with van der Waals surface area (Å²) in [4.78, 5) is 15.5. The van der Waals surface area contributed by atoms with Crippen molar-refractivity contribution in [3.8, 4) is 28.5 Å². The van der Waals surface area contributed by atoms with Gasteiger partial charge >= 0.3 is 0 Å². The van der Waals surface area contributed by atoms with Crippen LogP contribution in [0.2, 0.25) is 0 Å². The Kier molecular flexibility index (Phi) is 6.99. The molecule has 196 valence electrons. The highest BCUT2D eigenvalue weighted by Gasteiger charge is 2.29. The van der Waals surface area contributed by atoms with E-state index in [9.17, 15) is 24.7 Å². The Bertz CT molecular complexity index is 1550. The van der Waals surface area contributed by atoms with E-state index in [1.54, 1.807) is 26.3 Å². The maximum absolute atomic E-state index is 14.7. The number of halogens is 1. The number of aryl methyl sites for hydroxylation is 1. The van der Waals surface area contributed by atoms with Crippen LogP contribution < -0.4 is 5.73 Å². The highest BCUT2D eigenvalue weighted by Crippen LogP contribution is 2.38. The molecule has 0 saturated carbocycles. The predicted molar refractivity (Wildman–Crippen MR) is 140 cm³/mol. The Balaban J connectivity index is 1.75. The molecule has 1 aliphatic heterocycles. The van der Waals surface area contributed by atoms with Crippen LogP contribution in [0.5, 0.6) is 0 Å². The van der Waals surface area contributed by atoms with Gasteiger partial charge in [-0.15, -0.1) is 0 Å². The molecule has 5 rings (SSSR count). The van der Waals surface area contributed by atoms with Crippen LogP contribution in [0.3, 0.4) is 0 Å². The Morgan fingerprint density at radius 2 is 2.05 bits per heavy atom. The molecule has 4 N–H and O–H groups in total. The number of aliphatic hydroxyl groups is 2. The number of amides is 1. The van der Waals surface area contributed by atoms with Crippen molar-refractivity contribution < 1.29 is 19.4 Å². The Labute approximate surface area is 219 Å². The van der Waals surface area contributed by atoms with Crippen molar-refractivity contribution >= 4 is 16.8 Å². The van der Waals surface area contributed by atoms with Crippen LogP contribution in [-0.4, -0.2) is 67.2 Å². The summed E-state index contributed by atoms with van der Waals surface area (Å²) in [5.74, 6) is -0.925. The Hall–Kier alpha value is -4.04. The summed E-state index contributed by atoms with van der Waals surface area (Å²) in [5.41, 5.74) is 9.50. The maximum atomic E-state index is 14.7. The van der Waals surface area contributed by atoms with E-state index in [1.807, 2.05) is 37.5 Å². The maximum Gasteiger partial charge on any atom is 0.270 e. The van der Waals surface area contributed by atoms with Crippen molar-refractivity contribution in [1.29, 1.82) is 5.26 Å². The number of nitrogens with two attached hydrogens (primary N) is 1. The number of aromatic nitrogens is 3. The fourth-order valence-corrected chi connectivity index (χ4v) is 5.14. The molecule has 0 radical (unpaired) electrons. The average molecular weight is 517 g/mol. The number of rotatable bonds is 6. The number of nitriles is 1. The first-order valence-corrected chi connectivity index (χ1v) is 12.5. The molecule has 0 spiro atoms. The van der Waals surface area contributed by atoms with E-state index >= 15 is 0 Å². The zero-order valence-corrected chi connectivity index (χ0v) is 21.0. The third-order valence-electron chi connectivity index (χ3n) is 6.96. The first kappa shape index (κ1) is 25.6. The topological polar surface area (TPSA) is 133 Å². The number of fused-ring (bicyclic) bond motifs is 1. The van der Waals surface area contributed by atoms with Crippen LogP contribution >= 0.6 is 0 Å². The molecule has 9 nitrogen and oxygen atoms in total. The third-order valence-corrected chi connectivity index (χ3v) is 6.96. The number of hydrogen-bond acceptors (Lipinski definition) is 6. The number of benzene rings is 2. The van der Waals surface area contributed by atoms with Gasteiger partial charge in [0.05, 0.1) is 36.0 Å². The Morgan fingerprint density at radius 1 is 1.26 bits per heavy atom. The minimum Gasteiger partial charge on any atom is -0.394 e. The SMILES string of the molecule is Cn1cc2cc(-c3c(-c4ccc(C#N)c(F)c4)cc(C(=O)N4CCC[C@@H](N)C4)n3CC(O)CO)ccc2n1. The van der Waals surface area contributed by atoms with E-state index < -0.39 is 18.5 Å². The summed E-state index contributed by atoms with van der Waals surface area (Å²) in [5, 5.41) is 34.7. The van der Waals surface area contributed by atoms with Gasteiger partial charge in [-0.1, -0.05) is 12.1 Å². The number of likely N-dealkylation sites (tertiary alicyclic amines) is 1. The summed E-state index contributed by atoms with van der Waals surface area (Å²) in [6.07, 6.45) is 2.35. The lowest BCUT2D eigenvalue weighted by Gasteiger charge is -2.31. The van der Waals surface area contributed by atoms with Gasteiger partial charge in [0.1, 0.15) is 17.6 Å². The molecule has 1 fully saturated rings. The minimum absolute atomic E-state index is 0.0589. The van der Waals surface area contributed by atoms with E-state index in [4.69, 9.17) is 5.73 Å². The fraction of sp³-hybridized carbons (Fsp3) is 0.321. The van der Waals surface area contributed by atoms with Crippen LogP contribution in [0.15, 0.2) is 48.7 Å². The van der Waals surface area contributed by atoms with Gasteiger partial charge in [-0.25, -0.2) is 4.39 Å². The van der Waals surface area contributed by atoms with Gasteiger partial charge in [-0.05, 0) is 54.3 Å². The molecular formula is C28H29FN6O3. The van der Waals surface area contributed by atoms with E-state index in [0.29, 0.717) is 35.6 Å². The van der Waals surface area contributed by atoms with Crippen molar-refractivity contribution in [3.63, 3.8) is 0 Å². The zero-order valence-electron chi connectivity index (χ0n) is 21.0. The zero-order chi connectivity index (χ0) is 27.0. The van der Waals surface area contributed by atoms with E-state index in [1.165, 1.54) is 12.1 Å². The van der Waals surface area contributed by atoms with Gasteiger partial charge in [0.15, 0.2) is 0 Å². The molecule has 3 heterocycles. The Morgan fingerprint density at radius 3 is 2.76 bits per heavy atom. The smallest absolute Gasteiger partial charge is 0.270 e. The molecule has 0 aliphatic carbocycles. The van der Waals surface area contributed by atoms with Gasteiger partial charge in [0.25, 0.3) is 5.91 Å². The van der Waals surface area contributed by atoms with Crippen molar-refractivity contribution in [2.24, 2.45) is 12.8 Å². The number of aliphatic hydroxyl groups excluding tert-OH is 2. The molecular weight excluding hydrogens is 487 g/mol. The molecule has 38 heavy (non-hydrogen) atoms. The monoisotopic (exact) mass is 516 g/mol. The molecule has 2 aromatic carbocycles. The van der Waals surface area contributed by atoms with Gasteiger partial charge in [0.2, 0.25) is 0 Å². The van der Waals surface area contributed by atoms with Gasteiger partial charge in [-0.3, -0.25) is 9.48 Å². The van der Waals surface area contributed by atoms with E-state index in [0.717, 1.165) is 29.3 Å². The van der Waals surface area contributed by atoms with Crippen molar-refractivity contribution in [3.05, 3.63) is 65.7 Å². The summed E-state index contributed by atoms with van der Waals surface area (Å²) in [6.45, 7) is 0.404.